The maximum Gasteiger partial charge on any atom is 0.0940 e. The first kappa shape index (κ1) is 15.0. The first-order valence-electron chi connectivity index (χ1n) is 7.89. The molecule has 108 valence electrons. The number of unbranched alkanes of at least 4 members (excludes halogenated alkanes) is 1. The highest BCUT2D eigenvalue weighted by Crippen LogP contribution is 2.34. The highest BCUT2D eigenvalue weighted by atomic mass is 32.1. The van der Waals surface area contributed by atoms with Crippen LogP contribution >= 0.6 is 11.3 Å². The van der Waals surface area contributed by atoms with Crippen LogP contribution < -0.4 is 5.32 Å². The van der Waals surface area contributed by atoms with Crippen LogP contribution in [0.15, 0.2) is 11.6 Å². The van der Waals surface area contributed by atoms with E-state index in [1.165, 1.54) is 50.0 Å². The van der Waals surface area contributed by atoms with E-state index in [1.807, 2.05) is 6.20 Å². The molecule has 0 radical (unpaired) electrons. The predicted octanol–water partition coefficient (Wildman–Crippen LogP) is 4.27. The summed E-state index contributed by atoms with van der Waals surface area (Å²) in [4.78, 5) is 4.43. The van der Waals surface area contributed by atoms with Gasteiger partial charge in [-0.05, 0) is 31.7 Å². The number of aromatic nitrogens is 1. The zero-order chi connectivity index (χ0) is 13.5. The van der Waals surface area contributed by atoms with Crippen molar-refractivity contribution in [1.82, 2.24) is 10.3 Å². The van der Waals surface area contributed by atoms with Crippen LogP contribution in [0.25, 0.3) is 0 Å². The van der Waals surface area contributed by atoms with E-state index in [0.29, 0.717) is 6.04 Å². The zero-order valence-corrected chi connectivity index (χ0v) is 13.2. The quantitative estimate of drug-likeness (QED) is 0.807. The second-order valence-corrected chi connectivity index (χ2v) is 6.93. The zero-order valence-electron chi connectivity index (χ0n) is 12.4. The second kappa shape index (κ2) is 8.01. The van der Waals surface area contributed by atoms with Gasteiger partial charge in [-0.2, -0.15) is 0 Å². The highest BCUT2D eigenvalue weighted by Gasteiger charge is 2.27. The third-order valence-electron chi connectivity index (χ3n) is 4.68. The fourth-order valence-electron chi connectivity index (χ4n) is 3.42. The van der Waals surface area contributed by atoms with Gasteiger partial charge >= 0.3 is 0 Å². The summed E-state index contributed by atoms with van der Waals surface area (Å²) >= 11 is 1.79. The number of rotatable bonds is 7. The monoisotopic (exact) mass is 280 g/mol. The molecule has 1 heterocycles. The Bertz CT molecular complexity index is 329. The van der Waals surface area contributed by atoms with Crippen LogP contribution in [0.4, 0.5) is 0 Å². The molecule has 0 aliphatic heterocycles. The molecule has 0 bridgehead atoms. The van der Waals surface area contributed by atoms with Crippen molar-refractivity contribution in [2.45, 2.75) is 64.3 Å². The summed E-state index contributed by atoms with van der Waals surface area (Å²) in [5, 5.41) is 6.91. The Hall–Kier alpha value is -0.410. The minimum atomic E-state index is 0.623. The summed E-state index contributed by atoms with van der Waals surface area (Å²) in [6.45, 7) is 2.30. The summed E-state index contributed by atoms with van der Waals surface area (Å²) in [6.07, 6.45) is 13.0. The van der Waals surface area contributed by atoms with Crippen LogP contribution in [0.2, 0.25) is 0 Å². The van der Waals surface area contributed by atoms with Gasteiger partial charge in [-0.25, -0.2) is 4.98 Å². The molecule has 2 nitrogen and oxygen atoms in total. The van der Waals surface area contributed by atoms with Crippen molar-refractivity contribution in [2.75, 3.05) is 7.05 Å². The van der Waals surface area contributed by atoms with Crippen molar-refractivity contribution >= 4 is 11.3 Å². The van der Waals surface area contributed by atoms with Gasteiger partial charge in [0.15, 0.2) is 0 Å². The van der Waals surface area contributed by atoms with Crippen molar-refractivity contribution in [2.24, 2.45) is 11.8 Å². The molecular formula is C16H28N2S. The SMILES string of the molecule is CCCCC1CCC(C(Cc2nccs2)NC)CC1. The van der Waals surface area contributed by atoms with Crippen LogP contribution in [0, 0.1) is 11.8 Å². The Labute approximate surface area is 122 Å². The van der Waals surface area contributed by atoms with E-state index in [4.69, 9.17) is 0 Å². The largest absolute Gasteiger partial charge is 0.316 e. The molecule has 1 fully saturated rings. The topological polar surface area (TPSA) is 24.9 Å². The first-order valence-corrected chi connectivity index (χ1v) is 8.77. The summed E-state index contributed by atoms with van der Waals surface area (Å²) < 4.78 is 0. The lowest BCUT2D eigenvalue weighted by Gasteiger charge is -2.33. The van der Waals surface area contributed by atoms with Crippen molar-refractivity contribution in [3.8, 4) is 0 Å². The third kappa shape index (κ3) is 4.57. The molecule has 1 aliphatic rings. The smallest absolute Gasteiger partial charge is 0.0940 e. The molecule has 0 aromatic carbocycles. The van der Waals surface area contributed by atoms with Crippen LogP contribution in [-0.4, -0.2) is 18.1 Å². The third-order valence-corrected chi connectivity index (χ3v) is 5.48. The van der Waals surface area contributed by atoms with E-state index < -0.39 is 0 Å². The Morgan fingerprint density at radius 2 is 2.16 bits per heavy atom. The number of nitrogens with zero attached hydrogens (tertiary/aromatic N) is 1. The van der Waals surface area contributed by atoms with Gasteiger partial charge in [0.2, 0.25) is 0 Å². The van der Waals surface area contributed by atoms with Gasteiger partial charge in [-0.1, -0.05) is 39.0 Å². The van der Waals surface area contributed by atoms with Crippen molar-refractivity contribution in [1.29, 1.82) is 0 Å². The molecule has 1 aliphatic carbocycles. The maximum atomic E-state index is 4.43. The fourth-order valence-corrected chi connectivity index (χ4v) is 4.09. The van der Waals surface area contributed by atoms with Gasteiger partial charge in [0.1, 0.15) is 0 Å². The molecule has 1 aromatic rings. The number of thiazole rings is 1. The van der Waals surface area contributed by atoms with E-state index in [9.17, 15) is 0 Å². The normalized spacial score (nSPS) is 25.4. The summed E-state index contributed by atoms with van der Waals surface area (Å²) in [5.41, 5.74) is 0. The lowest BCUT2D eigenvalue weighted by molar-refractivity contribution is 0.216. The standard InChI is InChI=1S/C16H28N2S/c1-3-4-5-13-6-8-14(9-7-13)15(17-2)12-16-18-10-11-19-16/h10-11,13-15,17H,3-9,12H2,1-2H3. The molecule has 1 unspecified atom stereocenters. The Kier molecular flexibility index (Phi) is 6.32. The molecule has 19 heavy (non-hydrogen) atoms. The lowest BCUT2D eigenvalue weighted by atomic mass is 9.76. The molecule has 1 atom stereocenters. The first-order chi connectivity index (χ1) is 9.33. The average molecular weight is 280 g/mol. The maximum absolute atomic E-state index is 4.43. The van der Waals surface area contributed by atoms with Gasteiger partial charge in [-0.3, -0.25) is 0 Å². The van der Waals surface area contributed by atoms with Crippen LogP contribution in [-0.2, 0) is 6.42 Å². The van der Waals surface area contributed by atoms with E-state index in [-0.39, 0.29) is 0 Å². The van der Waals surface area contributed by atoms with Crippen LogP contribution in [0.5, 0.6) is 0 Å². The highest BCUT2D eigenvalue weighted by molar-refractivity contribution is 7.09. The Morgan fingerprint density at radius 3 is 2.74 bits per heavy atom. The number of hydrogen-bond acceptors (Lipinski definition) is 3. The van der Waals surface area contributed by atoms with E-state index in [2.05, 4.69) is 29.7 Å². The molecule has 0 spiro atoms. The number of likely N-dealkylation sites (N-methyl/N-ethyl adjacent to an activating group) is 1. The Balaban J connectivity index is 1.78. The van der Waals surface area contributed by atoms with Gasteiger partial charge in [0.05, 0.1) is 5.01 Å². The predicted molar refractivity (Wildman–Crippen MR) is 83.6 cm³/mol. The van der Waals surface area contributed by atoms with Crippen LogP contribution in [0.1, 0.15) is 56.9 Å². The molecule has 1 N–H and O–H groups in total. The van der Waals surface area contributed by atoms with Gasteiger partial charge in [-0.15, -0.1) is 11.3 Å². The van der Waals surface area contributed by atoms with Gasteiger partial charge < -0.3 is 5.32 Å². The summed E-state index contributed by atoms with van der Waals surface area (Å²) in [5.74, 6) is 1.86. The van der Waals surface area contributed by atoms with E-state index in [0.717, 1.165) is 18.3 Å². The fraction of sp³-hybridized carbons (Fsp3) is 0.812. The molecule has 1 aromatic heterocycles. The number of hydrogen-bond donors (Lipinski definition) is 1. The van der Waals surface area contributed by atoms with Crippen LogP contribution in [0.3, 0.4) is 0 Å². The lowest BCUT2D eigenvalue weighted by Crippen LogP contribution is -2.37. The summed E-state index contributed by atoms with van der Waals surface area (Å²) in [6, 6.07) is 0.623. The molecule has 0 amide bonds. The van der Waals surface area contributed by atoms with Gasteiger partial charge in [0, 0.05) is 24.0 Å². The van der Waals surface area contributed by atoms with Crippen molar-refractivity contribution in [3.63, 3.8) is 0 Å². The van der Waals surface area contributed by atoms with E-state index >= 15 is 0 Å². The molecule has 2 rings (SSSR count). The average Bonchev–Trinajstić information content (AvgIpc) is 2.96. The van der Waals surface area contributed by atoms with Gasteiger partial charge in [0.25, 0.3) is 0 Å². The molecule has 0 saturated heterocycles. The molecule has 1 saturated carbocycles. The Morgan fingerprint density at radius 1 is 1.37 bits per heavy atom. The second-order valence-electron chi connectivity index (χ2n) is 5.95. The minimum absolute atomic E-state index is 0.623. The number of nitrogens with one attached hydrogen (secondary N) is 1. The van der Waals surface area contributed by atoms with Crippen molar-refractivity contribution in [3.05, 3.63) is 16.6 Å². The minimum Gasteiger partial charge on any atom is -0.316 e. The molecular weight excluding hydrogens is 252 g/mol. The molecule has 3 heteroatoms. The summed E-state index contributed by atoms with van der Waals surface area (Å²) in [7, 11) is 2.11. The van der Waals surface area contributed by atoms with Crippen molar-refractivity contribution < 1.29 is 0 Å². The van der Waals surface area contributed by atoms with E-state index in [1.54, 1.807) is 11.3 Å².